The summed E-state index contributed by atoms with van der Waals surface area (Å²) in [6.07, 6.45) is -0.0718. The van der Waals surface area contributed by atoms with Crippen molar-refractivity contribution < 1.29 is 36.5 Å². The first-order valence-corrected chi connectivity index (χ1v) is 12.6. The molecule has 1 aromatic heterocycles. The molecule has 1 spiro atoms. The van der Waals surface area contributed by atoms with E-state index >= 15 is 0 Å². The fourth-order valence-corrected chi connectivity index (χ4v) is 5.61. The van der Waals surface area contributed by atoms with E-state index in [9.17, 15) is 32.3 Å². The van der Waals surface area contributed by atoms with Gasteiger partial charge in [-0.15, -0.1) is 0 Å². The number of benzene rings is 2. The number of H-pyrrole nitrogens is 1. The number of aromatic amines is 1. The highest BCUT2D eigenvalue weighted by Gasteiger charge is 2.57. The van der Waals surface area contributed by atoms with Crippen molar-refractivity contribution in [2.45, 2.75) is 44.2 Å². The third kappa shape index (κ3) is 4.18. The highest BCUT2D eigenvalue weighted by molar-refractivity contribution is 6.08. The number of carbonyl (C=O) groups is 4. The van der Waals surface area contributed by atoms with Gasteiger partial charge in [0.15, 0.2) is 11.6 Å². The van der Waals surface area contributed by atoms with Crippen molar-refractivity contribution in [3.63, 3.8) is 0 Å². The lowest BCUT2D eigenvalue weighted by Gasteiger charge is -2.33. The average Bonchev–Trinajstić information content (AvgIpc) is 3.60. The first-order chi connectivity index (χ1) is 20.1. The molecule has 9 nitrogen and oxygen atoms in total. The predicted molar refractivity (Wildman–Crippen MR) is 140 cm³/mol. The molecule has 2 aliphatic heterocycles. The lowest BCUT2D eigenvalue weighted by Crippen LogP contribution is -2.54. The lowest BCUT2D eigenvalue weighted by atomic mass is 9.79. The molecule has 4 N–H and O–H groups in total. The van der Waals surface area contributed by atoms with Gasteiger partial charge < -0.3 is 25.8 Å². The number of likely N-dealkylation sites (tertiary alicyclic amines) is 1. The van der Waals surface area contributed by atoms with Crippen molar-refractivity contribution in [2.75, 3.05) is 18.9 Å². The van der Waals surface area contributed by atoms with E-state index in [1.54, 1.807) is 19.9 Å². The Hall–Kier alpha value is -4.35. The molecule has 1 saturated heterocycles. The minimum atomic E-state index is -1.79. The molecular weight excluding hydrogens is 527 g/mol. The van der Waals surface area contributed by atoms with Gasteiger partial charge in [-0.05, 0) is 36.4 Å². The van der Waals surface area contributed by atoms with E-state index in [-0.39, 0.29) is 31.3 Å². The smallest absolute Gasteiger partial charge is 0.270 e. The number of amides is 4. The zero-order valence-corrected chi connectivity index (χ0v) is 21.8. The van der Waals surface area contributed by atoms with Gasteiger partial charge in [0.05, 0.1) is 15.0 Å². The van der Waals surface area contributed by atoms with E-state index in [0.717, 1.165) is 9.80 Å². The highest BCUT2D eigenvalue weighted by Crippen LogP contribution is 2.46. The van der Waals surface area contributed by atoms with Crippen molar-refractivity contribution in [1.29, 1.82) is 0 Å². The van der Waals surface area contributed by atoms with Crippen LogP contribution in [0.4, 0.5) is 18.9 Å². The SMILES string of the molecule is [2H]c1ccc2c(c1)NC(=O)[C@]21C[C@@H](C(N)=O)N(C(=O)[C@H](CC(C)C)N(C)C(=O)c2[nH]c3c(F)c(F)c([2H])c(F)c3c2[2H])C1. The number of nitrogens with two attached hydrogens (primary N) is 1. The van der Waals surface area contributed by atoms with Crippen LogP contribution in [-0.2, 0) is 19.8 Å². The van der Waals surface area contributed by atoms with Crippen molar-refractivity contribution in [3.05, 3.63) is 65.0 Å². The number of nitrogens with one attached hydrogen (secondary N) is 2. The zero-order valence-electron chi connectivity index (χ0n) is 24.8. The quantitative estimate of drug-likeness (QED) is 0.402. The number of para-hydroxylation sites is 1. The number of primary amides is 1. The molecule has 0 saturated carbocycles. The van der Waals surface area contributed by atoms with Crippen LogP contribution in [0.5, 0.6) is 0 Å². The normalized spacial score (nSPS) is 21.8. The zero-order chi connectivity index (χ0) is 31.7. The van der Waals surface area contributed by atoms with E-state index in [2.05, 4.69) is 10.3 Å². The Kier molecular flexibility index (Phi) is 5.70. The van der Waals surface area contributed by atoms with Crippen molar-refractivity contribution in [3.8, 4) is 0 Å². The molecule has 0 radical (unpaired) electrons. The molecule has 5 rings (SSSR count). The summed E-state index contributed by atoms with van der Waals surface area (Å²) < 4.78 is 66.8. The second kappa shape index (κ2) is 9.68. The minimum absolute atomic E-state index is 0.0584. The number of anilines is 1. The number of likely N-dealkylation sites (N-methyl/N-ethyl adjacent to an activating group) is 1. The fourth-order valence-electron chi connectivity index (χ4n) is 5.61. The summed E-state index contributed by atoms with van der Waals surface area (Å²) in [5.41, 5.74) is 3.80. The molecule has 0 bridgehead atoms. The predicted octanol–water partition coefficient (Wildman–Crippen LogP) is 3.05. The summed E-state index contributed by atoms with van der Waals surface area (Å²) in [5, 5.41) is 1.92. The maximum Gasteiger partial charge on any atom is 0.270 e. The van der Waals surface area contributed by atoms with Crippen molar-refractivity contribution >= 4 is 40.2 Å². The van der Waals surface area contributed by atoms with Gasteiger partial charge in [-0.25, -0.2) is 13.2 Å². The van der Waals surface area contributed by atoms with E-state index in [0.29, 0.717) is 11.3 Å². The molecule has 12 heteroatoms. The van der Waals surface area contributed by atoms with Gasteiger partial charge in [0.1, 0.15) is 23.6 Å². The fraction of sp³-hybridized carbons (Fsp3) is 0.357. The Bertz CT molecular complexity index is 1730. The average molecular weight is 559 g/mol. The van der Waals surface area contributed by atoms with Crippen LogP contribution in [0.15, 0.2) is 36.3 Å². The summed E-state index contributed by atoms with van der Waals surface area (Å²) in [5.74, 6) is -8.22. The summed E-state index contributed by atoms with van der Waals surface area (Å²) in [4.78, 5) is 58.0. The van der Waals surface area contributed by atoms with Crippen LogP contribution in [0.1, 0.15) is 46.9 Å². The van der Waals surface area contributed by atoms with Crippen LogP contribution in [0.2, 0.25) is 0 Å². The molecule has 1 fully saturated rings. The Morgan fingerprint density at radius 3 is 2.62 bits per heavy atom. The van der Waals surface area contributed by atoms with Gasteiger partial charge >= 0.3 is 0 Å². The van der Waals surface area contributed by atoms with Gasteiger partial charge in [-0.3, -0.25) is 19.2 Å². The summed E-state index contributed by atoms with van der Waals surface area (Å²) in [6, 6.07) is -0.0355. The van der Waals surface area contributed by atoms with Crippen LogP contribution >= 0.6 is 0 Å². The Morgan fingerprint density at radius 2 is 1.95 bits per heavy atom. The molecule has 0 unspecified atom stereocenters. The Morgan fingerprint density at radius 1 is 1.23 bits per heavy atom. The maximum absolute atomic E-state index is 14.7. The van der Waals surface area contributed by atoms with E-state index in [1.165, 1.54) is 19.2 Å². The Balaban J connectivity index is 1.53. The second-order valence-electron chi connectivity index (χ2n) is 10.6. The molecule has 40 heavy (non-hydrogen) atoms. The van der Waals surface area contributed by atoms with E-state index in [1.807, 2.05) is 0 Å². The van der Waals surface area contributed by atoms with Gasteiger partial charge in [0.2, 0.25) is 17.7 Å². The topological polar surface area (TPSA) is 129 Å². The van der Waals surface area contributed by atoms with Crippen LogP contribution in [0, 0.1) is 23.4 Å². The highest BCUT2D eigenvalue weighted by atomic mass is 19.2. The van der Waals surface area contributed by atoms with Crippen LogP contribution < -0.4 is 11.1 Å². The number of halogens is 3. The molecule has 4 amide bonds. The second-order valence-corrected chi connectivity index (χ2v) is 10.6. The van der Waals surface area contributed by atoms with Gasteiger partial charge in [0, 0.05) is 30.7 Å². The molecule has 3 heterocycles. The number of hydrogen-bond donors (Lipinski definition) is 3. The first kappa shape index (κ1) is 23.5. The maximum atomic E-state index is 14.7. The van der Waals surface area contributed by atoms with Gasteiger partial charge in [0.25, 0.3) is 5.91 Å². The van der Waals surface area contributed by atoms with Gasteiger partial charge in [-0.2, -0.15) is 0 Å². The number of nitrogens with zero attached hydrogens (tertiary/aromatic N) is 2. The van der Waals surface area contributed by atoms with Crippen LogP contribution in [0.25, 0.3) is 10.9 Å². The number of aromatic nitrogens is 1. The molecule has 3 aromatic rings. The van der Waals surface area contributed by atoms with Gasteiger partial charge in [-0.1, -0.05) is 32.0 Å². The molecule has 2 aromatic carbocycles. The number of rotatable bonds is 6. The van der Waals surface area contributed by atoms with Crippen molar-refractivity contribution in [1.82, 2.24) is 14.8 Å². The third-order valence-corrected chi connectivity index (χ3v) is 7.61. The summed E-state index contributed by atoms with van der Waals surface area (Å²) in [7, 11) is 1.24. The molecular formula is C28H28F3N5O4. The molecule has 0 aliphatic carbocycles. The van der Waals surface area contributed by atoms with E-state index in [4.69, 9.17) is 9.85 Å². The Labute approximate surface area is 231 Å². The molecule has 2 aliphatic rings. The van der Waals surface area contributed by atoms with Crippen molar-refractivity contribution in [2.24, 2.45) is 11.7 Å². The molecule has 3 atom stereocenters. The number of fused-ring (bicyclic) bond motifs is 3. The minimum Gasteiger partial charge on any atom is -0.368 e. The van der Waals surface area contributed by atoms with Crippen LogP contribution in [-0.4, -0.2) is 64.1 Å². The third-order valence-electron chi connectivity index (χ3n) is 7.61. The number of hydrogen-bond acceptors (Lipinski definition) is 4. The molecule has 210 valence electrons. The summed E-state index contributed by atoms with van der Waals surface area (Å²) >= 11 is 0. The lowest BCUT2D eigenvalue weighted by molar-refractivity contribution is -0.141. The standard InChI is InChI=1S/C28H28F3N5O4/c1-13(2)8-20(35(3)25(38)19-9-14-16(29)10-17(30)22(31)23(14)33-19)26(39)36-12-28(11-21(36)24(32)37)15-6-4-5-7-18(15)34-27(28)40/h4-7,9-10,13,20-21,33H,8,11-12H2,1-3H3,(H2,32,37)(H,34,40)/t20-,21-,28-/m0/s1/i5D,9D,10D. The van der Waals surface area contributed by atoms with E-state index < -0.39 is 87.3 Å². The largest absolute Gasteiger partial charge is 0.368 e. The monoisotopic (exact) mass is 558 g/mol. The van der Waals surface area contributed by atoms with Crippen LogP contribution in [0.3, 0.4) is 0 Å². The first-order valence-electron chi connectivity index (χ1n) is 14.1. The summed E-state index contributed by atoms with van der Waals surface area (Å²) in [6.45, 7) is 3.30. The number of carbonyl (C=O) groups excluding carboxylic acids is 4.